The molecule has 0 atom stereocenters. The van der Waals surface area contributed by atoms with Crippen LogP contribution in [0.15, 0.2) is 54.6 Å². The van der Waals surface area contributed by atoms with Crippen LogP contribution in [0, 0.1) is 0 Å². The Morgan fingerprint density at radius 3 is 2.22 bits per heavy atom. The molecule has 2 aromatic rings. The number of benzene rings is 2. The van der Waals surface area contributed by atoms with Gasteiger partial charge < -0.3 is 4.90 Å². The molecule has 27 heavy (non-hydrogen) atoms. The van der Waals surface area contributed by atoms with Crippen molar-refractivity contribution in [1.29, 1.82) is 0 Å². The number of piperazine rings is 1. The molecular weight excluding hydrogens is 355 g/mol. The van der Waals surface area contributed by atoms with Crippen molar-refractivity contribution in [1.82, 2.24) is 9.80 Å². The van der Waals surface area contributed by atoms with Crippen molar-refractivity contribution in [2.45, 2.75) is 6.18 Å². The number of carbonyl (C=O) groups excluding carboxylic acids is 1. The molecule has 4 nitrogen and oxygen atoms in total. The van der Waals surface area contributed by atoms with Crippen LogP contribution in [0.25, 0.3) is 0 Å². The van der Waals surface area contributed by atoms with E-state index in [1.807, 2.05) is 11.9 Å². The summed E-state index contributed by atoms with van der Waals surface area (Å²) in [7, 11) is 2.03. The predicted molar refractivity (Wildman–Crippen MR) is 99.0 cm³/mol. The van der Waals surface area contributed by atoms with Crippen molar-refractivity contribution in [3.8, 4) is 0 Å². The van der Waals surface area contributed by atoms with Gasteiger partial charge in [-0.3, -0.25) is 14.6 Å². The van der Waals surface area contributed by atoms with Gasteiger partial charge in [-0.1, -0.05) is 24.3 Å². The minimum atomic E-state index is -4.46. The minimum absolute atomic E-state index is 0.166. The first-order valence-electron chi connectivity index (χ1n) is 8.81. The van der Waals surface area contributed by atoms with Crippen molar-refractivity contribution < 1.29 is 18.0 Å². The summed E-state index contributed by atoms with van der Waals surface area (Å²) in [6, 6.07) is 13.7. The third-order valence-corrected chi connectivity index (χ3v) is 4.65. The van der Waals surface area contributed by atoms with E-state index >= 15 is 0 Å². The maximum atomic E-state index is 13.1. The number of amides is 1. The summed E-state index contributed by atoms with van der Waals surface area (Å²) in [5.41, 5.74) is -0.000525. The molecule has 7 heteroatoms. The number of halogens is 3. The van der Waals surface area contributed by atoms with Crippen LogP contribution in [0.3, 0.4) is 0 Å². The van der Waals surface area contributed by atoms with E-state index in [1.165, 1.54) is 17.0 Å². The van der Waals surface area contributed by atoms with Crippen molar-refractivity contribution in [2.24, 2.45) is 0 Å². The van der Waals surface area contributed by atoms with E-state index < -0.39 is 11.7 Å². The molecule has 0 aliphatic carbocycles. The molecule has 1 aliphatic rings. The summed E-state index contributed by atoms with van der Waals surface area (Å²) >= 11 is 0. The Hall–Kier alpha value is -2.38. The number of para-hydroxylation sites is 1. The van der Waals surface area contributed by atoms with Gasteiger partial charge in [-0.25, -0.2) is 0 Å². The highest BCUT2D eigenvalue weighted by Crippen LogP contribution is 2.34. The quantitative estimate of drug-likeness (QED) is 0.814. The standard InChI is InChI=1S/C20H22F3N3O/c1-24-10-12-25(13-11-24)15-19(27)26(17-7-3-2-4-8-17)18-9-5-6-16(14-18)20(21,22)23/h2-9,14H,10-13,15H2,1H3. The summed E-state index contributed by atoms with van der Waals surface area (Å²) in [6.07, 6.45) is -4.46. The smallest absolute Gasteiger partial charge is 0.304 e. The van der Waals surface area contributed by atoms with Gasteiger partial charge in [-0.05, 0) is 37.4 Å². The zero-order valence-electron chi connectivity index (χ0n) is 15.1. The van der Waals surface area contributed by atoms with Crippen molar-refractivity contribution >= 4 is 17.3 Å². The van der Waals surface area contributed by atoms with Gasteiger partial charge in [0.05, 0.1) is 12.1 Å². The number of alkyl halides is 3. The van der Waals surface area contributed by atoms with Gasteiger partial charge in [0.1, 0.15) is 0 Å². The van der Waals surface area contributed by atoms with Gasteiger partial charge in [-0.2, -0.15) is 13.2 Å². The molecule has 0 aromatic heterocycles. The first-order valence-corrected chi connectivity index (χ1v) is 8.81. The molecule has 0 N–H and O–H groups in total. The molecule has 1 fully saturated rings. The van der Waals surface area contributed by atoms with Crippen LogP contribution >= 0.6 is 0 Å². The molecule has 3 rings (SSSR count). The van der Waals surface area contributed by atoms with Crippen LogP contribution in [0.5, 0.6) is 0 Å². The zero-order chi connectivity index (χ0) is 19.4. The molecule has 1 aliphatic heterocycles. The lowest BCUT2D eigenvalue weighted by atomic mass is 10.1. The average Bonchev–Trinajstić information content (AvgIpc) is 2.64. The van der Waals surface area contributed by atoms with Crippen LogP contribution in [-0.2, 0) is 11.0 Å². The summed E-state index contributed by atoms with van der Waals surface area (Å²) in [5, 5.41) is 0. The summed E-state index contributed by atoms with van der Waals surface area (Å²) in [5.74, 6) is -0.245. The minimum Gasteiger partial charge on any atom is -0.304 e. The lowest BCUT2D eigenvalue weighted by molar-refractivity contribution is -0.137. The van der Waals surface area contributed by atoms with E-state index in [1.54, 1.807) is 30.3 Å². The molecule has 1 heterocycles. The fourth-order valence-corrected chi connectivity index (χ4v) is 3.10. The lowest BCUT2D eigenvalue weighted by Crippen LogP contribution is -2.48. The molecule has 0 unspecified atom stereocenters. The van der Waals surface area contributed by atoms with Crippen LogP contribution in [-0.4, -0.2) is 55.5 Å². The normalized spacial score (nSPS) is 16.3. The van der Waals surface area contributed by atoms with Crippen molar-refractivity contribution in [3.63, 3.8) is 0 Å². The van der Waals surface area contributed by atoms with Crippen molar-refractivity contribution in [3.05, 3.63) is 60.2 Å². The van der Waals surface area contributed by atoms with Crippen LogP contribution in [0.2, 0.25) is 0 Å². The SMILES string of the molecule is CN1CCN(CC(=O)N(c2ccccc2)c2cccc(C(F)(F)F)c2)CC1. The first kappa shape index (κ1) is 19.4. The number of rotatable bonds is 4. The Labute approximate surface area is 156 Å². The number of likely N-dealkylation sites (N-methyl/N-ethyl adjacent to an activating group) is 1. The molecule has 144 valence electrons. The Balaban J connectivity index is 1.89. The number of carbonyl (C=O) groups is 1. The number of hydrogen-bond acceptors (Lipinski definition) is 3. The van der Waals surface area contributed by atoms with E-state index in [0.717, 1.165) is 38.3 Å². The van der Waals surface area contributed by atoms with Gasteiger partial charge in [0, 0.05) is 37.6 Å². The van der Waals surface area contributed by atoms with Crippen LogP contribution < -0.4 is 4.90 Å². The molecule has 0 radical (unpaired) electrons. The lowest BCUT2D eigenvalue weighted by Gasteiger charge is -2.33. The Morgan fingerprint density at radius 1 is 0.963 bits per heavy atom. The van der Waals surface area contributed by atoms with E-state index in [-0.39, 0.29) is 18.1 Å². The van der Waals surface area contributed by atoms with E-state index in [9.17, 15) is 18.0 Å². The third kappa shape index (κ3) is 4.87. The molecule has 0 bridgehead atoms. The zero-order valence-corrected chi connectivity index (χ0v) is 15.1. The van der Waals surface area contributed by atoms with Gasteiger partial charge in [0.25, 0.3) is 0 Å². The number of nitrogens with zero attached hydrogens (tertiary/aromatic N) is 3. The molecule has 1 saturated heterocycles. The highest BCUT2D eigenvalue weighted by Gasteiger charge is 2.31. The van der Waals surface area contributed by atoms with Gasteiger partial charge in [0.15, 0.2) is 0 Å². The largest absolute Gasteiger partial charge is 0.416 e. The van der Waals surface area contributed by atoms with E-state index in [0.29, 0.717) is 5.69 Å². The van der Waals surface area contributed by atoms with Gasteiger partial charge in [-0.15, -0.1) is 0 Å². The molecule has 0 saturated carbocycles. The van der Waals surface area contributed by atoms with Gasteiger partial charge in [0.2, 0.25) is 5.91 Å². The molecule has 0 spiro atoms. The Kier molecular flexibility index (Phi) is 5.82. The predicted octanol–water partition coefficient (Wildman–Crippen LogP) is 3.62. The topological polar surface area (TPSA) is 26.8 Å². The molecular formula is C20H22F3N3O. The Morgan fingerprint density at radius 2 is 1.59 bits per heavy atom. The monoisotopic (exact) mass is 377 g/mol. The fraction of sp³-hybridized carbons (Fsp3) is 0.350. The number of hydrogen-bond donors (Lipinski definition) is 0. The van der Waals surface area contributed by atoms with Crippen LogP contribution in [0.1, 0.15) is 5.56 Å². The Bertz CT molecular complexity index is 772. The average molecular weight is 377 g/mol. The number of anilines is 2. The van der Waals surface area contributed by atoms with E-state index in [2.05, 4.69) is 4.90 Å². The third-order valence-electron chi connectivity index (χ3n) is 4.65. The van der Waals surface area contributed by atoms with Gasteiger partial charge >= 0.3 is 6.18 Å². The summed E-state index contributed by atoms with van der Waals surface area (Å²) < 4.78 is 39.4. The van der Waals surface area contributed by atoms with Crippen LogP contribution in [0.4, 0.5) is 24.5 Å². The first-order chi connectivity index (χ1) is 12.8. The summed E-state index contributed by atoms with van der Waals surface area (Å²) in [6.45, 7) is 3.41. The second-order valence-corrected chi connectivity index (χ2v) is 6.69. The van der Waals surface area contributed by atoms with E-state index in [4.69, 9.17) is 0 Å². The highest BCUT2D eigenvalue weighted by molar-refractivity contribution is 6.01. The highest BCUT2D eigenvalue weighted by atomic mass is 19.4. The molecule has 2 aromatic carbocycles. The molecule has 1 amide bonds. The second kappa shape index (κ2) is 8.10. The maximum Gasteiger partial charge on any atom is 0.416 e. The second-order valence-electron chi connectivity index (χ2n) is 6.69. The fourth-order valence-electron chi connectivity index (χ4n) is 3.10. The maximum absolute atomic E-state index is 13.1. The van der Waals surface area contributed by atoms with Crippen molar-refractivity contribution in [2.75, 3.05) is 44.7 Å². The summed E-state index contributed by atoms with van der Waals surface area (Å²) in [4.78, 5) is 18.6.